The van der Waals surface area contributed by atoms with E-state index in [0.29, 0.717) is 22.9 Å². The van der Waals surface area contributed by atoms with Crippen LogP contribution in [0.4, 0.5) is 0 Å². The lowest BCUT2D eigenvalue weighted by atomic mass is 10.2. The molecule has 0 bridgehead atoms. The van der Waals surface area contributed by atoms with Gasteiger partial charge in [-0.3, -0.25) is 0 Å². The van der Waals surface area contributed by atoms with Crippen molar-refractivity contribution in [2.75, 3.05) is 6.61 Å². The van der Waals surface area contributed by atoms with Crippen LogP contribution in [0.25, 0.3) is 0 Å². The van der Waals surface area contributed by atoms with Gasteiger partial charge >= 0.3 is 0 Å². The van der Waals surface area contributed by atoms with Crippen LogP contribution in [-0.4, -0.2) is 11.7 Å². The van der Waals surface area contributed by atoms with Crippen molar-refractivity contribution in [3.8, 4) is 11.5 Å². The minimum absolute atomic E-state index is 0.0984. The Hall–Kier alpha value is -0.190. The van der Waals surface area contributed by atoms with Crippen molar-refractivity contribution in [2.45, 2.75) is 6.92 Å². The van der Waals surface area contributed by atoms with Crippen LogP contribution in [0.2, 0.25) is 5.02 Å². The van der Waals surface area contributed by atoms with Crippen molar-refractivity contribution in [3.05, 3.63) is 32.2 Å². The smallest absolute Gasteiger partial charge is 0.137 e. The molecule has 1 rings (SSSR count). The second-order valence-electron chi connectivity index (χ2n) is 2.88. The predicted octanol–water partition coefficient (Wildman–Crippen LogP) is 4.36. The zero-order valence-corrected chi connectivity index (χ0v) is 11.9. The van der Waals surface area contributed by atoms with Crippen LogP contribution >= 0.6 is 43.5 Å². The van der Waals surface area contributed by atoms with Crippen LogP contribution in [0.15, 0.2) is 21.6 Å². The number of aromatic hydroxyl groups is 1. The maximum atomic E-state index is 9.43. The van der Waals surface area contributed by atoms with E-state index in [1.807, 2.05) is 6.08 Å². The molecule has 5 heteroatoms. The standard InChI is InChI=1S/C10H9Br2ClO2/c1-6-4-7(5-8(13)10(6)14)15-3-2-9(11)12/h2,4-5,14H,3H2,1H3. The van der Waals surface area contributed by atoms with Crippen molar-refractivity contribution in [3.63, 3.8) is 0 Å². The Morgan fingerprint density at radius 2 is 2.20 bits per heavy atom. The Bertz CT molecular complexity index is 364. The van der Waals surface area contributed by atoms with Gasteiger partial charge in [0.05, 0.1) is 8.41 Å². The second-order valence-corrected chi connectivity index (χ2v) is 6.06. The molecular weight excluding hydrogens is 347 g/mol. The van der Waals surface area contributed by atoms with Gasteiger partial charge in [0, 0.05) is 6.07 Å². The van der Waals surface area contributed by atoms with E-state index in [9.17, 15) is 5.11 Å². The molecule has 82 valence electrons. The summed E-state index contributed by atoms with van der Waals surface area (Å²) in [7, 11) is 0. The lowest BCUT2D eigenvalue weighted by molar-refractivity contribution is 0.361. The van der Waals surface area contributed by atoms with E-state index >= 15 is 0 Å². The van der Waals surface area contributed by atoms with Crippen LogP contribution in [0.5, 0.6) is 11.5 Å². The van der Waals surface area contributed by atoms with Gasteiger partial charge < -0.3 is 9.84 Å². The van der Waals surface area contributed by atoms with Crippen molar-refractivity contribution < 1.29 is 9.84 Å². The fourth-order valence-corrected chi connectivity index (χ4v) is 1.51. The molecule has 0 aliphatic rings. The molecule has 0 saturated carbocycles. The number of phenolic OH excluding ortho intramolecular Hbond substituents is 1. The Balaban J connectivity index is 2.75. The van der Waals surface area contributed by atoms with E-state index in [1.54, 1.807) is 19.1 Å². The molecule has 0 aliphatic carbocycles. The fourth-order valence-electron chi connectivity index (χ4n) is 0.989. The highest BCUT2D eigenvalue weighted by Gasteiger charge is 2.05. The third-order valence-electron chi connectivity index (χ3n) is 1.72. The van der Waals surface area contributed by atoms with Crippen LogP contribution in [0.1, 0.15) is 5.56 Å². The first-order valence-corrected chi connectivity index (χ1v) is 6.10. The fraction of sp³-hybridized carbons (Fsp3) is 0.200. The number of hydrogen-bond acceptors (Lipinski definition) is 2. The molecule has 0 aliphatic heterocycles. The molecule has 1 N–H and O–H groups in total. The van der Waals surface area contributed by atoms with Gasteiger partial charge in [0.2, 0.25) is 0 Å². The highest BCUT2D eigenvalue weighted by molar-refractivity contribution is 9.28. The maximum Gasteiger partial charge on any atom is 0.137 e. The van der Waals surface area contributed by atoms with Gasteiger partial charge in [-0.25, -0.2) is 0 Å². The van der Waals surface area contributed by atoms with Gasteiger partial charge in [-0.2, -0.15) is 0 Å². The zero-order chi connectivity index (χ0) is 11.4. The molecule has 0 heterocycles. The molecule has 15 heavy (non-hydrogen) atoms. The molecule has 1 aromatic carbocycles. The second kappa shape index (κ2) is 5.77. The van der Waals surface area contributed by atoms with Gasteiger partial charge in [-0.15, -0.1) is 0 Å². The number of phenols is 1. The molecule has 0 fully saturated rings. The summed E-state index contributed by atoms with van der Waals surface area (Å²) in [6.45, 7) is 2.19. The van der Waals surface area contributed by atoms with Crippen LogP contribution < -0.4 is 4.74 Å². The average molecular weight is 356 g/mol. The van der Waals surface area contributed by atoms with Gasteiger partial charge in [0.15, 0.2) is 0 Å². The Morgan fingerprint density at radius 3 is 2.73 bits per heavy atom. The Morgan fingerprint density at radius 1 is 1.53 bits per heavy atom. The van der Waals surface area contributed by atoms with E-state index in [1.165, 1.54) is 0 Å². The molecule has 0 spiro atoms. The molecule has 0 aromatic heterocycles. The number of aryl methyl sites for hydroxylation is 1. The average Bonchev–Trinajstić information content (AvgIpc) is 2.13. The van der Waals surface area contributed by atoms with E-state index in [2.05, 4.69) is 31.9 Å². The number of hydrogen-bond donors (Lipinski definition) is 1. The lowest BCUT2D eigenvalue weighted by Crippen LogP contribution is -1.94. The van der Waals surface area contributed by atoms with Gasteiger partial charge in [0.1, 0.15) is 18.1 Å². The number of rotatable bonds is 3. The Kier molecular flexibility index (Phi) is 4.96. The summed E-state index contributed by atoms with van der Waals surface area (Å²) < 4.78 is 6.23. The van der Waals surface area contributed by atoms with Crippen molar-refractivity contribution in [1.82, 2.24) is 0 Å². The van der Waals surface area contributed by atoms with E-state index < -0.39 is 0 Å². The highest BCUT2D eigenvalue weighted by atomic mass is 79.9. The molecule has 0 radical (unpaired) electrons. The monoisotopic (exact) mass is 354 g/mol. The summed E-state index contributed by atoms with van der Waals surface area (Å²) in [5, 5.41) is 9.73. The van der Waals surface area contributed by atoms with E-state index in [0.717, 1.165) is 3.39 Å². The van der Waals surface area contributed by atoms with Gasteiger partial charge in [-0.05, 0) is 56.5 Å². The third-order valence-corrected chi connectivity index (χ3v) is 2.65. The van der Waals surface area contributed by atoms with E-state index in [-0.39, 0.29) is 5.75 Å². The molecule has 0 unspecified atom stereocenters. The minimum atomic E-state index is 0.0984. The number of benzene rings is 1. The largest absolute Gasteiger partial charge is 0.506 e. The summed E-state index contributed by atoms with van der Waals surface area (Å²) in [6, 6.07) is 3.32. The first-order valence-electron chi connectivity index (χ1n) is 4.13. The molecule has 0 saturated heterocycles. The summed E-state index contributed by atoms with van der Waals surface area (Å²) in [5.74, 6) is 0.731. The number of halogens is 3. The lowest BCUT2D eigenvalue weighted by Gasteiger charge is -2.07. The quantitative estimate of drug-likeness (QED) is 0.872. The summed E-state index contributed by atoms with van der Waals surface area (Å²) in [6.07, 6.45) is 1.82. The highest BCUT2D eigenvalue weighted by Crippen LogP contribution is 2.31. The van der Waals surface area contributed by atoms with Crippen molar-refractivity contribution in [1.29, 1.82) is 0 Å². The molecule has 1 aromatic rings. The molecule has 2 nitrogen and oxygen atoms in total. The predicted molar refractivity (Wildman–Crippen MR) is 69.3 cm³/mol. The minimum Gasteiger partial charge on any atom is -0.506 e. The van der Waals surface area contributed by atoms with Crippen molar-refractivity contribution in [2.24, 2.45) is 0 Å². The van der Waals surface area contributed by atoms with Crippen molar-refractivity contribution >= 4 is 43.5 Å². The van der Waals surface area contributed by atoms with Crippen LogP contribution in [-0.2, 0) is 0 Å². The topological polar surface area (TPSA) is 29.5 Å². The first kappa shape index (κ1) is 12.9. The molecular formula is C10H9Br2ClO2. The summed E-state index contributed by atoms with van der Waals surface area (Å²) in [4.78, 5) is 0. The first-order chi connectivity index (χ1) is 7.00. The summed E-state index contributed by atoms with van der Waals surface area (Å²) >= 11 is 12.2. The number of ether oxygens (including phenoxy) is 1. The van der Waals surface area contributed by atoms with Gasteiger partial charge in [-0.1, -0.05) is 11.6 Å². The molecule has 0 atom stereocenters. The van der Waals surface area contributed by atoms with Crippen LogP contribution in [0, 0.1) is 6.92 Å². The third kappa shape index (κ3) is 4.05. The SMILES string of the molecule is Cc1cc(OCC=C(Br)Br)cc(Cl)c1O. The maximum absolute atomic E-state index is 9.43. The normalized spacial score (nSPS) is 9.87. The van der Waals surface area contributed by atoms with Crippen LogP contribution in [0.3, 0.4) is 0 Å². The Labute approximate surface area is 110 Å². The van der Waals surface area contributed by atoms with Gasteiger partial charge in [0.25, 0.3) is 0 Å². The molecule has 0 amide bonds. The van der Waals surface area contributed by atoms with E-state index in [4.69, 9.17) is 16.3 Å². The summed E-state index contributed by atoms with van der Waals surface area (Å²) in [5.41, 5.74) is 0.694. The zero-order valence-electron chi connectivity index (χ0n) is 7.93.